The zero-order valence-electron chi connectivity index (χ0n) is 8.76. The van der Waals surface area contributed by atoms with E-state index in [1.165, 1.54) is 0 Å². The summed E-state index contributed by atoms with van der Waals surface area (Å²) >= 11 is 5.55. The molecule has 0 aromatic carbocycles. The van der Waals surface area contributed by atoms with Crippen molar-refractivity contribution in [3.05, 3.63) is 5.89 Å². The highest BCUT2D eigenvalue weighted by Crippen LogP contribution is 2.20. The first kappa shape index (κ1) is 11.7. The fourth-order valence-electron chi connectivity index (χ4n) is 1.70. The predicted octanol–water partition coefficient (Wildman–Crippen LogP) is 0.432. The molecule has 0 aliphatic carbocycles. The molecule has 1 fully saturated rings. The van der Waals surface area contributed by atoms with E-state index in [2.05, 4.69) is 10.2 Å². The smallest absolute Gasteiger partial charge is 0.318 e. The first-order valence-electron chi connectivity index (χ1n) is 4.87. The number of hydrogen-bond donors (Lipinski definition) is 0. The van der Waals surface area contributed by atoms with Crippen molar-refractivity contribution in [1.29, 1.82) is 0 Å². The van der Waals surface area contributed by atoms with E-state index in [-0.39, 0.29) is 23.4 Å². The molecule has 2 heterocycles. The molecule has 1 saturated heterocycles. The predicted molar refractivity (Wildman–Crippen MR) is 59.3 cm³/mol. The molecule has 0 N–H and O–H groups in total. The minimum absolute atomic E-state index is 0.117. The lowest BCUT2D eigenvalue weighted by Crippen LogP contribution is -2.47. The van der Waals surface area contributed by atoms with Gasteiger partial charge in [0.1, 0.15) is 5.88 Å². The van der Waals surface area contributed by atoms with Gasteiger partial charge in [0, 0.05) is 12.6 Å². The molecular weight excluding hydrogens is 254 g/mol. The van der Waals surface area contributed by atoms with Gasteiger partial charge in [-0.3, -0.25) is 0 Å². The first-order valence-corrected chi connectivity index (χ1v) is 7.23. The second-order valence-electron chi connectivity index (χ2n) is 3.77. The molecule has 0 bridgehead atoms. The average Bonchev–Trinajstić information content (AvgIpc) is 2.64. The Morgan fingerprint density at radius 1 is 1.56 bits per heavy atom. The summed E-state index contributed by atoms with van der Waals surface area (Å²) in [5.41, 5.74) is 0. The van der Waals surface area contributed by atoms with Gasteiger partial charge >= 0.3 is 6.01 Å². The van der Waals surface area contributed by atoms with Crippen LogP contribution in [0.1, 0.15) is 12.8 Å². The number of aromatic nitrogens is 2. The molecule has 6 nitrogen and oxygen atoms in total. The molecule has 1 aromatic heterocycles. The molecule has 0 amide bonds. The SMILES string of the molecule is CC1CS(=O)(=O)CCN1c1nnc(CCl)o1. The molecule has 90 valence electrons. The Morgan fingerprint density at radius 3 is 2.88 bits per heavy atom. The van der Waals surface area contributed by atoms with Crippen LogP contribution >= 0.6 is 11.6 Å². The lowest BCUT2D eigenvalue weighted by molar-refractivity contribution is 0.480. The van der Waals surface area contributed by atoms with Gasteiger partial charge in [-0.25, -0.2) is 8.42 Å². The van der Waals surface area contributed by atoms with E-state index in [0.29, 0.717) is 18.5 Å². The zero-order chi connectivity index (χ0) is 11.8. The maximum Gasteiger partial charge on any atom is 0.318 e. The van der Waals surface area contributed by atoms with Crippen molar-refractivity contribution in [3.8, 4) is 0 Å². The fourth-order valence-corrected chi connectivity index (χ4v) is 3.36. The second kappa shape index (κ2) is 4.21. The van der Waals surface area contributed by atoms with Crippen LogP contribution in [0.2, 0.25) is 0 Å². The monoisotopic (exact) mass is 265 g/mol. The molecule has 0 spiro atoms. The maximum absolute atomic E-state index is 11.4. The van der Waals surface area contributed by atoms with Gasteiger partial charge in [0.25, 0.3) is 0 Å². The fraction of sp³-hybridized carbons (Fsp3) is 0.750. The third kappa shape index (κ3) is 2.30. The Hall–Kier alpha value is -0.820. The topological polar surface area (TPSA) is 76.3 Å². The van der Waals surface area contributed by atoms with Crippen LogP contribution in [0.15, 0.2) is 4.42 Å². The van der Waals surface area contributed by atoms with Crippen molar-refractivity contribution in [3.63, 3.8) is 0 Å². The molecule has 1 aliphatic rings. The summed E-state index contributed by atoms with van der Waals surface area (Å²) in [6, 6.07) is 0.195. The summed E-state index contributed by atoms with van der Waals surface area (Å²) in [5.74, 6) is 0.743. The van der Waals surface area contributed by atoms with Crippen molar-refractivity contribution >= 4 is 27.5 Å². The molecule has 1 atom stereocenters. The lowest BCUT2D eigenvalue weighted by atomic mass is 10.3. The average molecular weight is 266 g/mol. The molecule has 1 aromatic rings. The van der Waals surface area contributed by atoms with E-state index >= 15 is 0 Å². The van der Waals surface area contributed by atoms with Crippen LogP contribution in [0.4, 0.5) is 6.01 Å². The standard InChI is InChI=1S/C8H12ClN3O3S/c1-6-5-16(13,14)3-2-12(6)8-11-10-7(4-9)15-8/h6H,2-5H2,1H3. The third-order valence-corrected chi connectivity index (χ3v) is 4.51. The van der Waals surface area contributed by atoms with E-state index in [1.54, 1.807) is 4.90 Å². The Kier molecular flexibility index (Phi) is 3.07. The van der Waals surface area contributed by atoms with Crippen LogP contribution in [-0.2, 0) is 15.7 Å². The summed E-state index contributed by atoms with van der Waals surface area (Å²) in [7, 11) is -2.93. The third-order valence-electron chi connectivity index (χ3n) is 2.49. The van der Waals surface area contributed by atoms with E-state index in [4.69, 9.17) is 16.0 Å². The number of hydrogen-bond acceptors (Lipinski definition) is 6. The number of anilines is 1. The summed E-state index contributed by atoms with van der Waals surface area (Å²) < 4.78 is 28.1. The quantitative estimate of drug-likeness (QED) is 0.722. The number of alkyl halides is 1. The molecule has 0 saturated carbocycles. The minimum atomic E-state index is -2.93. The molecule has 1 aliphatic heterocycles. The highest BCUT2D eigenvalue weighted by Gasteiger charge is 2.30. The summed E-state index contributed by atoms with van der Waals surface area (Å²) in [6.07, 6.45) is 0. The molecule has 16 heavy (non-hydrogen) atoms. The Labute approximate surface area is 98.5 Å². The summed E-state index contributed by atoms with van der Waals surface area (Å²) in [6.45, 7) is 2.20. The van der Waals surface area contributed by atoms with Gasteiger partial charge in [-0.2, -0.15) is 0 Å². The van der Waals surface area contributed by atoms with Crippen LogP contribution in [-0.4, -0.2) is 42.7 Å². The van der Waals surface area contributed by atoms with Gasteiger partial charge < -0.3 is 9.32 Å². The van der Waals surface area contributed by atoms with E-state index in [1.807, 2.05) is 6.92 Å². The normalized spacial score (nSPS) is 24.6. The Bertz CT molecular complexity index is 473. The molecule has 0 radical (unpaired) electrons. The van der Waals surface area contributed by atoms with Gasteiger partial charge in [-0.15, -0.1) is 16.7 Å². The van der Waals surface area contributed by atoms with Gasteiger partial charge in [0.15, 0.2) is 9.84 Å². The Balaban J connectivity index is 2.17. The number of nitrogens with zero attached hydrogens (tertiary/aromatic N) is 3. The highest BCUT2D eigenvalue weighted by molar-refractivity contribution is 7.91. The van der Waals surface area contributed by atoms with Gasteiger partial charge in [0.05, 0.1) is 11.5 Å². The zero-order valence-corrected chi connectivity index (χ0v) is 10.3. The molecule has 8 heteroatoms. The van der Waals surface area contributed by atoms with Crippen molar-refractivity contribution in [1.82, 2.24) is 10.2 Å². The van der Waals surface area contributed by atoms with Crippen LogP contribution in [0.25, 0.3) is 0 Å². The lowest BCUT2D eigenvalue weighted by Gasteiger charge is -2.31. The molecular formula is C8H12ClN3O3S. The van der Waals surface area contributed by atoms with Crippen molar-refractivity contribution in [2.45, 2.75) is 18.8 Å². The second-order valence-corrected chi connectivity index (χ2v) is 6.26. The van der Waals surface area contributed by atoms with Crippen molar-refractivity contribution < 1.29 is 12.8 Å². The summed E-state index contributed by atoms with van der Waals surface area (Å²) in [5, 5.41) is 7.58. The van der Waals surface area contributed by atoms with E-state index in [0.717, 1.165) is 0 Å². The van der Waals surface area contributed by atoms with E-state index < -0.39 is 9.84 Å². The minimum Gasteiger partial charge on any atom is -0.407 e. The maximum atomic E-state index is 11.4. The Morgan fingerprint density at radius 2 is 2.31 bits per heavy atom. The van der Waals surface area contributed by atoms with Crippen LogP contribution in [0.3, 0.4) is 0 Å². The van der Waals surface area contributed by atoms with Crippen LogP contribution in [0, 0.1) is 0 Å². The van der Waals surface area contributed by atoms with Crippen molar-refractivity contribution in [2.24, 2.45) is 0 Å². The molecule has 1 unspecified atom stereocenters. The highest BCUT2D eigenvalue weighted by atomic mass is 35.5. The number of rotatable bonds is 2. The largest absolute Gasteiger partial charge is 0.407 e. The summed E-state index contributed by atoms with van der Waals surface area (Å²) in [4.78, 5) is 1.80. The molecule has 2 rings (SSSR count). The first-order chi connectivity index (χ1) is 7.52. The van der Waals surface area contributed by atoms with Crippen LogP contribution < -0.4 is 4.90 Å². The van der Waals surface area contributed by atoms with E-state index in [9.17, 15) is 8.42 Å². The van der Waals surface area contributed by atoms with Crippen LogP contribution in [0.5, 0.6) is 0 Å². The van der Waals surface area contributed by atoms with Crippen molar-refractivity contribution in [2.75, 3.05) is 23.0 Å². The van der Waals surface area contributed by atoms with Gasteiger partial charge in [0.2, 0.25) is 5.89 Å². The van der Waals surface area contributed by atoms with Gasteiger partial charge in [-0.1, -0.05) is 5.10 Å². The number of halogens is 1. The number of sulfone groups is 1. The van der Waals surface area contributed by atoms with Gasteiger partial charge in [-0.05, 0) is 6.92 Å².